The number of nitrogens with zero attached hydrogens (tertiary/aromatic N) is 2. The van der Waals surface area contributed by atoms with Crippen molar-refractivity contribution >= 4 is 22.3 Å². The van der Waals surface area contributed by atoms with Crippen molar-refractivity contribution in [1.29, 1.82) is 0 Å². The van der Waals surface area contributed by atoms with Crippen molar-refractivity contribution in [3.8, 4) is 0 Å². The number of benzene rings is 1. The summed E-state index contributed by atoms with van der Waals surface area (Å²) in [4.78, 5) is 6.32. The summed E-state index contributed by atoms with van der Waals surface area (Å²) in [7, 11) is 0. The Morgan fingerprint density at radius 3 is 2.88 bits per heavy atom. The molecule has 1 heterocycles. The van der Waals surface area contributed by atoms with E-state index in [1.807, 2.05) is 31.2 Å². The molecule has 0 aliphatic rings. The zero-order valence-corrected chi connectivity index (χ0v) is 9.93. The Morgan fingerprint density at radius 2 is 2.18 bits per heavy atom. The van der Waals surface area contributed by atoms with E-state index in [0.717, 1.165) is 28.8 Å². The highest BCUT2D eigenvalue weighted by molar-refractivity contribution is 5.97. The minimum atomic E-state index is 0.123. The zero-order chi connectivity index (χ0) is 12.3. The van der Waals surface area contributed by atoms with Crippen LogP contribution in [-0.2, 0) is 0 Å². The molecule has 4 nitrogen and oxygen atoms in total. The second-order valence-electron chi connectivity index (χ2n) is 3.87. The van der Waals surface area contributed by atoms with E-state index in [1.165, 1.54) is 0 Å². The number of nitrogens with two attached hydrogens (primary N) is 1. The van der Waals surface area contributed by atoms with Crippen molar-refractivity contribution in [2.45, 2.75) is 6.92 Å². The first-order valence-corrected chi connectivity index (χ1v) is 5.77. The normalized spacial score (nSPS) is 10.7. The third-order valence-electron chi connectivity index (χ3n) is 2.90. The van der Waals surface area contributed by atoms with Crippen LogP contribution in [0.25, 0.3) is 10.9 Å². The largest absolute Gasteiger partial charge is 0.396 e. The van der Waals surface area contributed by atoms with Gasteiger partial charge in [0, 0.05) is 24.7 Å². The number of hydrogen-bond donors (Lipinski definition) is 2. The third kappa shape index (κ3) is 2.17. The third-order valence-corrected chi connectivity index (χ3v) is 2.90. The van der Waals surface area contributed by atoms with Crippen LogP contribution in [0.15, 0.2) is 30.5 Å². The molecule has 0 unspecified atom stereocenters. The Labute approximate surface area is 101 Å². The Morgan fingerprint density at radius 1 is 1.35 bits per heavy atom. The summed E-state index contributed by atoms with van der Waals surface area (Å²) in [6, 6.07) is 7.77. The number of fused-ring (bicyclic) bond motifs is 1. The summed E-state index contributed by atoms with van der Waals surface area (Å²) in [6.45, 7) is 3.57. The summed E-state index contributed by atoms with van der Waals surface area (Å²) in [6.07, 6.45) is 1.76. The van der Waals surface area contributed by atoms with E-state index in [4.69, 9.17) is 10.8 Å². The molecule has 0 bridgehead atoms. The van der Waals surface area contributed by atoms with Crippen LogP contribution in [0.5, 0.6) is 0 Å². The smallest absolute Gasteiger partial charge is 0.0724 e. The highest BCUT2D eigenvalue weighted by Crippen LogP contribution is 2.30. The maximum Gasteiger partial charge on any atom is 0.0724 e. The molecule has 0 saturated heterocycles. The predicted molar refractivity (Wildman–Crippen MR) is 71.1 cm³/mol. The van der Waals surface area contributed by atoms with Crippen LogP contribution >= 0.6 is 0 Å². The highest BCUT2D eigenvalue weighted by Gasteiger charge is 2.10. The molecule has 1 aromatic carbocycles. The number of pyridine rings is 1. The van der Waals surface area contributed by atoms with Gasteiger partial charge in [-0.05, 0) is 31.2 Å². The standard InChI is InChI=1S/C13H17N3O/c1-2-16(8-9-17)12-6-5-11-10(13(12)14)4-3-7-15-11/h3-7,17H,2,8-9,14H2,1H3. The first-order chi connectivity index (χ1) is 8.27. The molecule has 0 fully saturated rings. The predicted octanol–water partition coefficient (Wildman–Crippen LogP) is 1.64. The van der Waals surface area contributed by atoms with Gasteiger partial charge in [-0.15, -0.1) is 0 Å². The molecule has 0 aliphatic carbocycles. The first kappa shape index (κ1) is 11.7. The summed E-state index contributed by atoms with van der Waals surface area (Å²) < 4.78 is 0. The quantitative estimate of drug-likeness (QED) is 0.785. The van der Waals surface area contributed by atoms with Gasteiger partial charge in [0.2, 0.25) is 0 Å². The zero-order valence-electron chi connectivity index (χ0n) is 9.93. The Kier molecular flexibility index (Phi) is 3.44. The van der Waals surface area contributed by atoms with Crippen molar-refractivity contribution in [3.63, 3.8) is 0 Å². The van der Waals surface area contributed by atoms with E-state index in [0.29, 0.717) is 6.54 Å². The minimum absolute atomic E-state index is 0.123. The number of aromatic nitrogens is 1. The summed E-state index contributed by atoms with van der Waals surface area (Å²) in [5, 5.41) is 10.00. The molecule has 0 saturated carbocycles. The van der Waals surface area contributed by atoms with Crippen LogP contribution in [0.4, 0.5) is 11.4 Å². The van der Waals surface area contributed by atoms with Gasteiger partial charge in [-0.1, -0.05) is 0 Å². The molecule has 0 atom stereocenters. The molecule has 0 spiro atoms. The molecule has 0 radical (unpaired) electrons. The average Bonchev–Trinajstić information content (AvgIpc) is 2.37. The van der Waals surface area contributed by atoms with Crippen LogP contribution in [0.3, 0.4) is 0 Å². The van der Waals surface area contributed by atoms with Crippen LogP contribution in [0.1, 0.15) is 6.92 Å². The van der Waals surface area contributed by atoms with Crippen LogP contribution < -0.4 is 10.6 Å². The summed E-state index contributed by atoms with van der Waals surface area (Å²) in [5.74, 6) is 0. The second-order valence-corrected chi connectivity index (χ2v) is 3.87. The molecule has 0 amide bonds. The molecular weight excluding hydrogens is 214 g/mol. The molecule has 0 aliphatic heterocycles. The number of likely N-dealkylation sites (N-methyl/N-ethyl adjacent to an activating group) is 1. The van der Waals surface area contributed by atoms with Gasteiger partial charge in [0.15, 0.2) is 0 Å². The summed E-state index contributed by atoms with van der Waals surface area (Å²) in [5.41, 5.74) is 8.75. The fraction of sp³-hybridized carbons (Fsp3) is 0.308. The van der Waals surface area contributed by atoms with Crippen LogP contribution in [0, 0.1) is 0 Å². The molecule has 3 N–H and O–H groups in total. The molecule has 17 heavy (non-hydrogen) atoms. The van der Waals surface area contributed by atoms with Gasteiger partial charge >= 0.3 is 0 Å². The lowest BCUT2D eigenvalue weighted by Crippen LogP contribution is -2.27. The van der Waals surface area contributed by atoms with Crippen molar-refractivity contribution in [3.05, 3.63) is 30.5 Å². The van der Waals surface area contributed by atoms with Crippen molar-refractivity contribution in [2.75, 3.05) is 30.3 Å². The lowest BCUT2D eigenvalue weighted by molar-refractivity contribution is 0.302. The first-order valence-electron chi connectivity index (χ1n) is 5.77. The number of aliphatic hydroxyl groups is 1. The van der Waals surface area contributed by atoms with Crippen LogP contribution in [-0.4, -0.2) is 29.8 Å². The number of rotatable bonds is 4. The number of nitrogen functional groups attached to an aromatic ring is 1. The maximum atomic E-state index is 9.04. The Bertz CT molecular complexity index is 513. The molecule has 4 heteroatoms. The van der Waals surface area contributed by atoms with Gasteiger partial charge in [0.1, 0.15) is 0 Å². The lowest BCUT2D eigenvalue weighted by Gasteiger charge is -2.24. The van der Waals surface area contributed by atoms with E-state index >= 15 is 0 Å². The van der Waals surface area contributed by atoms with E-state index < -0.39 is 0 Å². The SMILES string of the molecule is CCN(CCO)c1ccc2ncccc2c1N. The topological polar surface area (TPSA) is 62.4 Å². The van der Waals surface area contributed by atoms with Gasteiger partial charge in [-0.2, -0.15) is 0 Å². The number of anilines is 2. The molecule has 2 rings (SSSR count). The van der Waals surface area contributed by atoms with Gasteiger partial charge in [-0.3, -0.25) is 4.98 Å². The summed E-state index contributed by atoms with van der Waals surface area (Å²) >= 11 is 0. The highest BCUT2D eigenvalue weighted by atomic mass is 16.3. The Hall–Kier alpha value is -1.81. The number of hydrogen-bond acceptors (Lipinski definition) is 4. The maximum absolute atomic E-state index is 9.04. The van der Waals surface area contributed by atoms with Crippen molar-refractivity contribution in [2.24, 2.45) is 0 Å². The van der Waals surface area contributed by atoms with Gasteiger partial charge in [-0.25, -0.2) is 0 Å². The monoisotopic (exact) mass is 231 g/mol. The molecule has 2 aromatic rings. The molecule has 90 valence electrons. The average molecular weight is 231 g/mol. The lowest BCUT2D eigenvalue weighted by atomic mass is 10.1. The van der Waals surface area contributed by atoms with Gasteiger partial charge in [0.05, 0.1) is 23.5 Å². The molecular formula is C13H17N3O. The van der Waals surface area contributed by atoms with Crippen molar-refractivity contribution in [1.82, 2.24) is 4.98 Å². The second kappa shape index (κ2) is 5.01. The van der Waals surface area contributed by atoms with E-state index in [1.54, 1.807) is 6.20 Å². The van der Waals surface area contributed by atoms with Gasteiger partial charge in [0.25, 0.3) is 0 Å². The van der Waals surface area contributed by atoms with Gasteiger partial charge < -0.3 is 15.7 Å². The fourth-order valence-electron chi connectivity index (χ4n) is 2.01. The molecule has 1 aromatic heterocycles. The minimum Gasteiger partial charge on any atom is -0.396 e. The fourth-order valence-corrected chi connectivity index (χ4v) is 2.01. The van der Waals surface area contributed by atoms with E-state index in [2.05, 4.69) is 9.88 Å². The van der Waals surface area contributed by atoms with Crippen molar-refractivity contribution < 1.29 is 5.11 Å². The van der Waals surface area contributed by atoms with Crippen LogP contribution in [0.2, 0.25) is 0 Å². The Balaban J connectivity index is 2.51. The van der Waals surface area contributed by atoms with E-state index in [9.17, 15) is 0 Å². The number of aliphatic hydroxyl groups excluding tert-OH is 1. The van der Waals surface area contributed by atoms with E-state index in [-0.39, 0.29) is 6.61 Å².